The van der Waals surface area contributed by atoms with E-state index in [0.717, 1.165) is 62.3 Å². The SMILES string of the molecule is COc1ncnc(N2CCN(C(=O)CCC(C)[C@H]3CC[C@H]4[C@@H]5CC=C6C[C@@H](O)CC[C@]6(C)[C@H]5CC[C@]34C)CC2)c1OC. The van der Waals surface area contributed by atoms with Gasteiger partial charge in [-0.25, -0.2) is 4.98 Å². The molecule has 42 heavy (non-hydrogen) atoms. The van der Waals surface area contributed by atoms with E-state index >= 15 is 0 Å². The minimum atomic E-state index is -0.135. The Balaban J connectivity index is 1.03. The van der Waals surface area contributed by atoms with Crippen LogP contribution in [-0.2, 0) is 4.79 Å². The Labute approximate surface area is 252 Å². The number of ether oxygens (including phenoxy) is 2. The zero-order valence-electron chi connectivity index (χ0n) is 26.5. The first kappa shape index (κ1) is 29.7. The van der Waals surface area contributed by atoms with Gasteiger partial charge in [-0.1, -0.05) is 32.4 Å². The summed E-state index contributed by atoms with van der Waals surface area (Å²) in [6, 6.07) is 0. The van der Waals surface area contributed by atoms with Crippen molar-refractivity contribution in [3.63, 3.8) is 0 Å². The lowest BCUT2D eigenvalue weighted by atomic mass is 9.47. The van der Waals surface area contributed by atoms with Crippen molar-refractivity contribution in [2.75, 3.05) is 45.3 Å². The predicted molar refractivity (Wildman–Crippen MR) is 164 cm³/mol. The van der Waals surface area contributed by atoms with Crippen LogP contribution in [0.4, 0.5) is 5.82 Å². The molecule has 0 aromatic carbocycles. The molecule has 1 aromatic rings. The van der Waals surface area contributed by atoms with Crippen LogP contribution in [0.1, 0.15) is 85.0 Å². The van der Waals surface area contributed by atoms with Crippen molar-refractivity contribution in [2.24, 2.45) is 40.4 Å². The van der Waals surface area contributed by atoms with Gasteiger partial charge in [0.25, 0.3) is 5.88 Å². The fourth-order valence-corrected chi connectivity index (χ4v) is 10.4. The van der Waals surface area contributed by atoms with E-state index in [1.807, 2.05) is 4.90 Å². The first-order valence-corrected chi connectivity index (χ1v) is 16.5. The standard InChI is InChI=1S/C34H52N4O4/c1-22(6-11-29(40)37-16-18-38(19-17-37)31-30(41-4)32(42-5)36-21-35-31)26-9-10-27-25-8-7-23-20-24(39)12-14-33(23,2)28(25)13-15-34(26,27)3/h7,21-22,24-28,39H,6,8-20H2,1-5H3/t22?,24-,25-,26+,27-,28-,33-,34+/m0/s1. The molecule has 5 aliphatic rings. The summed E-state index contributed by atoms with van der Waals surface area (Å²) in [6.07, 6.45) is 15.1. The van der Waals surface area contributed by atoms with E-state index in [-0.39, 0.29) is 12.0 Å². The van der Waals surface area contributed by atoms with Gasteiger partial charge < -0.3 is 24.4 Å². The smallest absolute Gasteiger partial charge is 0.262 e. The molecule has 1 amide bonds. The summed E-state index contributed by atoms with van der Waals surface area (Å²) < 4.78 is 10.9. The largest absolute Gasteiger partial charge is 0.489 e. The van der Waals surface area contributed by atoms with Gasteiger partial charge in [-0.2, -0.15) is 4.98 Å². The maximum atomic E-state index is 13.3. The van der Waals surface area contributed by atoms with Crippen molar-refractivity contribution in [1.82, 2.24) is 14.9 Å². The number of piperazine rings is 1. The van der Waals surface area contributed by atoms with Crippen LogP contribution in [0.2, 0.25) is 0 Å². The maximum absolute atomic E-state index is 13.3. The highest BCUT2D eigenvalue weighted by Gasteiger charge is 2.59. The molecule has 1 unspecified atom stereocenters. The number of hydrogen-bond donors (Lipinski definition) is 1. The minimum Gasteiger partial charge on any atom is -0.489 e. The van der Waals surface area contributed by atoms with Crippen molar-refractivity contribution in [3.05, 3.63) is 18.0 Å². The van der Waals surface area contributed by atoms with Crippen molar-refractivity contribution in [1.29, 1.82) is 0 Å². The Morgan fingerprint density at radius 2 is 1.83 bits per heavy atom. The highest BCUT2D eigenvalue weighted by Crippen LogP contribution is 2.67. The molecule has 232 valence electrons. The topological polar surface area (TPSA) is 88.0 Å². The van der Waals surface area contributed by atoms with E-state index in [9.17, 15) is 9.90 Å². The molecular formula is C34H52N4O4. The first-order chi connectivity index (χ1) is 20.2. The van der Waals surface area contributed by atoms with Gasteiger partial charge in [-0.15, -0.1) is 0 Å². The number of aliphatic hydroxyl groups excluding tert-OH is 1. The number of aromatic nitrogens is 2. The molecule has 8 nitrogen and oxygen atoms in total. The van der Waals surface area contributed by atoms with Gasteiger partial charge in [0.05, 0.1) is 20.3 Å². The molecule has 1 aromatic heterocycles. The van der Waals surface area contributed by atoms with E-state index < -0.39 is 0 Å². The molecule has 0 radical (unpaired) electrons. The van der Waals surface area contributed by atoms with Crippen molar-refractivity contribution in [2.45, 2.75) is 91.1 Å². The van der Waals surface area contributed by atoms with Crippen LogP contribution < -0.4 is 14.4 Å². The second kappa shape index (κ2) is 11.6. The number of nitrogens with zero attached hydrogens (tertiary/aromatic N) is 4. The Hall–Kier alpha value is -2.35. The van der Waals surface area contributed by atoms with E-state index in [1.165, 1.54) is 38.4 Å². The predicted octanol–water partition coefficient (Wildman–Crippen LogP) is 5.50. The van der Waals surface area contributed by atoms with Crippen molar-refractivity contribution < 1.29 is 19.4 Å². The highest BCUT2D eigenvalue weighted by molar-refractivity contribution is 5.76. The summed E-state index contributed by atoms with van der Waals surface area (Å²) in [6.45, 7) is 10.4. The zero-order valence-corrected chi connectivity index (χ0v) is 26.5. The number of hydrogen-bond acceptors (Lipinski definition) is 7. The van der Waals surface area contributed by atoms with E-state index in [2.05, 4.69) is 41.7 Å². The second-order valence-corrected chi connectivity index (χ2v) is 14.5. The molecule has 6 rings (SSSR count). The fourth-order valence-electron chi connectivity index (χ4n) is 10.4. The average Bonchev–Trinajstić information content (AvgIpc) is 3.37. The molecule has 1 aliphatic heterocycles. The average molecular weight is 581 g/mol. The summed E-state index contributed by atoms with van der Waals surface area (Å²) in [5.74, 6) is 5.62. The van der Waals surface area contributed by atoms with Gasteiger partial charge in [-0.05, 0) is 98.2 Å². The van der Waals surface area contributed by atoms with Crippen LogP contribution in [0.15, 0.2) is 18.0 Å². The van der Waals surface area contributed by atoms with Crippen molar-refractivity contribution in [3.8, 4) is 11.6 Å². The van der Waals surface area contributed by atoms with Gasteiger partial charge in [0.15, 0.2) is 5.82 Å². The number of aliphatic hydroxyl groups is 1. The molecule has 4 fully saturated rings. The third kappa shape index (κ3) is 4.99. The third-order valence-electron chi connectivity index (χ3n) is 12.7. The maximum Gasteiger partial charge on any atom is 0.262 e. The molecule has 8 atom stereocenters. The van der Waals surface area contributed by atoms with Crippen LogP contribution in [0, 0.1) is 40.4 Å². The van der Waals surface area contributed by atoms with E-state index in [4.69, 9.17) is 9.47 Å². The lowest BCUT2D eigenvalue weighted by Gasteiger charge is -2.58. The minimum absolute atomic E-state index is 0.135. The lowest BCUT2D eigenvalue weighted by Crippen LogP contribution is -2.51. The number of carbonyl (C=O) groups excluding carboxylic acids is 1. The molecular weight excluding hydrogens is 528 g/mol. The van der Waals surface area contributed by atoms with Gasteiger partial charge in [-0.3, -0.25) is 4.79 Å². The monoisotopic (exact) mass is 580 g/mol. The number of carbonyl (C=O) groups is 1. The summed E-state index contributed by atoms with van der Waals surface area (Å²) in [5.41, 5.74) is 2.25. The van der Waals surface area contributed by atoms with Gasteiger partial charge in [0.2, 0.25) is 11.7 Å². The highest BCUT2D eigenvalue weighted by atomic mass is 16.5. The second-order valence-electron chi connectivity index (χ2n) is 14.5. The van der Waals surface area contributed by atoms with Gasteiger partial charge in [0, 0.05) is 32.6 Å². The Bertz CT molecular complexity index is 1180. The third-order valence-corrected chi connectivity index (χ3v) is 12.7. The number of allylic oxidation sites excluding steroid dienone is 1. The summed E-state index contributed by atoms with van der Waals surface area (Å²) >= 11 is 0. The molecule has 1 N–H and O–H groups in total. The van der Waals surface area contributed by atoms with Crippen LogP contribution in [-0.4, -0.2) is 72.4 Å². The van der Waals surface area contributed by atoms with E-state index in [1.54, 1.807) is 19.8 Å². The molecule has 4 aliphatic carbocycles. The van der Waals surface area contributed by atoms with Crippen LogP contribution in [0.3, 0.4) is 0 Å². The van der Waals surface area contributed by atoms with Gasteiger partial charge >= 0.3 is 0 Å². The van der Waals surface area contributed by atoms with Gasteiger partial charge in [0.1, 0.15) is 6.33 Å². The molecule has 1 saturated heterocycles. The summed E-state index contributed by atoms with van der Waals surface area (Å²) in [4.78, 5) is 26.1. The van der Waals surface area contributed by atoms with Crippen LogP contribution in [0.5, 0.6) is 11.6 Å². The van der Waals surface area contributed by atoms with Crippen LogP contribution >= 0.6 is 0 Å². The van der Waals surface area contributed by atoms with E-state index in [0.29, 0.717) is 53.8 Å². The normalized spacial score (nSPS) is 36.8. The summed E-state index contributed by atoms with van der Waals surface area (Å²) in [7, 11) is 3.19. The Kier molecular flexibility index (Phi) is 8.22. The fraction of sp³-hybridized carbons (Fsp3) is 0.794. The molecule has 3 saturated carbocycles. The number of rotatable bonds is 7. The van der Waals surface area contributed by atoms with Crippen molar-refractivity contribution >= 4 is 11.7 Å². The number of amides is 1. The molecule has 0 bridgehead atoms. The molecule has 2 heterocycles. The quantitative estimate of drug-likeness (QED) is 0.426. The lowest BCUT2D eigenvalue weighted by molar-refractivity contribution is -0.132. The Morgan fingerprint density at radius 1 is 1.05 bits per heavy atom. The zero-order chi connectivity index (χ0) is 29.6. The first-order valence-electron chi connectivity index (χ1n) is 16.5. The number of methoxy groups -OCH3 is 2. The number of anilines is 1. The Morgan fingerprint density at radius 3 is 2.57 bits per heavy atom. The number of fused-ring (bicyclic) bond motifs is 5. The molecule has 0 spiro atoms. The molecule has 8 heteroatoms. The summed E-state index contributed by atoms with van der Waals surface area (Å²) in [5, 5.41) is 10.3. The van der Waals surface area contributed by atoms with Crippen LogP contribution in [0.25, 0.3) is 0 Å².